The molecule has 8 heteroatoms. The number of anilines is 1. The number of urea groups is 1. The molecule has 0 atom stereocenters. The molecule has 0 saturated carbocycles. The minimum absolute atomic E-state index is 0.411. The van der Waals surface area contributed by atoms with Crippen molar-refractivity contribution in [3.8, 4) is 5.75 Å². The van der Waals surface area contributed by atoms with E-state index in [9.17, 15) is 9.59 Å². The lowest BCUT2D eigenvalue weighted by Crippen LogP contribution is -2.42. The highest BCUT2D eigenvalue weighted by Crippen LogP contribution is 2.27. The van der Waals surface area contributed by atoms with E-state index < -0.39 is 17.7 Å². The molecule has 150 valence electrons. The van der Waals surface area contributed by atoms with E-state index in [1.165, 1.54) is 0 Å². The number of carbonyl (C=O) groups excluding carboxylic acids is 1. The van der Waals surface area contributed by atoms with Crippen LogP contribution in [0.5, 0.6) is 5.75 Å². The molecule has 7 nitrogen and oxygen atoms in total. The fourth-order valence-electron chi connectivity index (χ4n) is 2.69. The van der Waals surface area contributed by atoms with Crippen LogP contribution in [0.2, 0.25) is 0 Å². The number of aryl methyl sites for hydroxylation is 1. The summed E-state index contributed by atoms with van der Waals surface area (Å²) >= 11 is 3.73. The second-order valence-electron chi connectivity index (χ2n) is 6.98. The number of carboxylic acid groups (broad SMARTS) is 1. The lowest BCUT2D eigenvalue weighted by molar-refractivity contribution is 0.180. The van der Waals surface area contributed by atoms with Crippen molar-refractivity contribution in [2.45, 2.75) is 38.8 Å². The van der Waals surface area contributed by atoms with Gasteiger partial charge in [0.1, 0.15) is 12.4 Å². The summed E-state index contributed by atoms with van der Waals surface area (Å²) in [5, 5.41) is 14.2. The third kappa shape index (κ3) is 7.03. The SMILES string of the molecule is CC(C)(CCc1cc(NC(=O)NS)ccc1OCc1ccccc1)NC(=O)O. The van der Waals surface area contributed by atoms with Gasteiger partial charge < -0.3 is 20.5 Å². The zero-order chi connectivity index (χ0) is 20.6. The number of amides is 3. The van der Waals surface area contributed by atoms with Crippen LogP contribution < -0.4 is 20.1 Å². The lowest BCUT2D eigenvalue weighted by Gasteiger charge is -2.25. The van der Waals surface area contributed by atoms with Crippen molar-refractivity contribution >= 4 is 30.6 Å². The Kier molecular flexibility index (Phi) is 7.57. The van der Waals surface area contributed by atoms with Crippen molar-refractivity contribution in [2.75, 3.05) is 5.32 Å². The molecule has 28 heavy (non-hydrogen) atoms. The molecular formula is C20H25N3O4S. The number of rotatable bonds is 8. The highest BCUT2D eigenvalue weighted by molar-refractivity contribution is 7.78. The Morgan fingerprint density at radius 1 is 1.14 bits per heavy atom. The van der Waals surface area contributed by atoms with E-state index in [0.29, 0.717) is 30.9 Å². The average Bonchev–Trinajstić information content (AvgIpc) is 2.65. The van der Waals surface area contributed by atoms with E-state index in [2.05, 4.69) is 28.2 Å². The van der Waals surface area contributed by atoms with E-state index in [1.54, 1.807) is 12.1 Å². The van der Waals surface area contributed by atoms with E-state index in [1.807, 2.05) is 50.2 Å². The van der Waals surface area contributed by atoms with Crippen molar-refractivity contribution in [3.05, 3.63) is 59.7 Å². The average molecular weight is 404 g/mol. The molecule has 0 aliphatic carbocycles. The van der Waals surface area contributed by atoms with Gasteiger partial charge in [-0.15, -0.1) is 0 Å². The first-order valence-electron chi connectivity index (χ1n) is 8.81. The van der Waals surface area contributed by atoms with Crippen LogP contribution >= 0.6 is 12.8 Å². The van der Waals surface area contributed by atoms with Crippen LogP contribution in [-0.4, -0.2) is 22.8 Å². The number of hydrogen-bond acceptors (Lipinski definition) is 4. The van der Waals surface area contributed by atoms with E-state index in [-0.39, 0.29) is 0 Å². The monoisotopic (exact) mass is 403 g/mol. The summed E-state index contributed by atoms with van der Waals surface area (Å²) in [7, 11) is 0. The molecule has 0 unspecified atom stereocenters. The second kappa shape index (κ2) is 9.89. The molecule has 4 N–H and O–H groups in total. The molecule has 0 heterocycles. The maximum absolute atomic E-state index is 11.5. The molecule has 2 aromatic carbocycles. The highest BCUT2D eigenvalue weighted by atomic mass is 32.1. The van der Waals surface area contributed by atoms with Gasteiger partial charge in [0, 0.05) is 11.2 Å². The first-order chi connectivity index (χ1) is 13.3. The summed E-state index contributed by atoms with van der Waals surface area (Å²) in [5.41, 5.74) is 1.90. The van der Waals surface area contributed by atoms with Crippen molar-refractivity contribution < 1.29 is 19.4 Å². The third-order valence-corrected chi connectivity index (χ3v) is 4.32. The number of thiol groups is 1. The predicted octanol–water partition coefficient (Wildman–Crippen LogP) is 4.21. The Balaban J connectivity index is 2.17. The van der Waals surface area contributed by atoms with Gasteiger partial charge >= 0.3 is 12.1 Å². The number of carbonyl (C=O) groups is 2. The molecule has 0 fully saturated rings. The fourth-order valence-corrected chi connectivity index (χ4v) is 2.74. The summed E-state index contributed by atoms with van der Waals surface area (Å²) < 4.78 is 8.19. The van der Waals surface area contributed by atoms with Crippen LogP contribution in [0.3, 0.4) is 0 Å². The Morgan fingerprint density at radius 3 is 2.50 bits per heavy atom. The molecule has 0 bridgehead atoms. The Labute approximate surface area is 170 Å². The normalized spacial score (nSPS) is 10.8. The van der Waals surface area contributed by atoms with Gasteiger partial charge in [-0.2, -0.15) is 0 Å². The van der Waals surface area contributed by atoms with Gasteiger partial charge in [-0.05, 0) is 56.0 Å². The molecule has 3 amide bonds. The maximum atomic E-state index is 11.5. The summed E-state index contributed by atoms with van der Waals surface area (Å²) in [5.74, 6) is 0.687. The van der Waals surface area contributed by atoms with Crippen molar-refractivity contribution in [1.82, 2.24) is 10.0 Å². The first kappa shape index (κ1) is 21.4. The highest BCUT2D eigenvalue weighted by Gasteiger charge is 2.21. The number of ether oxygens (including phenoxy) is 1. The summed E-state index contributed by atoms with van der Waals surface area (Å²) in [6.07, 6.45) is 0.0601. The van der Waals surface area contributed by atoms with Gasteiger partial charge in [-0.25, -0.2) is 9.59 Å². The van der Waals surface area contributed by atoms with Gasteiger partial charge in [-0.3, -0.25) is 4.72 Å². The van der Waals surface area contributed by atoms with Gasteiger partial charge in [0.15, 0.2) is 0 Å². The molecule has 0 spiro atoms. The van der Waals surface area contributed by atoms with Crippen LogP contribution in [0, 0.1) is 0 Å². The quantitative estimate of drug-likeness (QED) is 0.426. The lowest BCUT2D eigenvalue weighted by atomic mass is 9.95. The largest absolute Gasteiger partial charge is 0.489 e. The minimum Gasteiger partial charge on any atom is -0.489 e. The molecule has 2 rings (SSSR count). The van der Waals surface area contributed by atoms with Crippen molar-refractivity contribution in [1.29, 1.82) is 0 Å². The molecule has 0 radical (unpaired) electrons. The molecule has 0 saturated heterocycles. The Morgan fingerprint density at radius 2 is 1.86 bits per heavy atom. The second-order valence-corrected chi connectivity index (χ2v) is 7.20. The third-order valence-electron chi connectivity index (χ3n) is 4.12. The summed E-state index contributed by atoms with van der Waals surface area (Å²) in [4.78, 5) is 22.5. The standard InChI is InChI=1S/C20H25N3O4S/c1-20(2,22-19(25)26)11-10-15-12-16(21-18(24)23-28)8-9-17(15)27-13-14-6-4-3-5-7-14/h3-9,12,22,28H,10-11,13H2,1-2H3,(H,25,26)(H2,21,23,24). The first-order valence-corrected chi connectivity index (χ1v) is 9.25. The number of hydrogen-bond donors (Lipinski definition) is 5. The van der Waals surface area contributed by atoms with Crippen LogP contribution in [0.4, 0.5) is 15.3 Å². The van der Waals surface area contributed by atoms with E-state index >= 15 is 0 Å². The molecule has 0 aliphatic rings. The summed E-state index contributed by atoms with van der Waals surface area (Å²) in [6.45, 7) is 4.05. The zero-order valence-corrected chi connectivity index (χ0v) is 16.8. The Hall–Kier alpha value is -2.87. The van der Waals surface area contributed by atoms with E-state index in [0.717, 1.165) is 11.1 Å². The minimum atomic E-state index is -1.06. The summed E-state index contributed by atoms with van der Waals surface area (Å²) in [6, 6.07) is 14.7. The molecular weight excluding hydrogens is 378 g/mol. The molecule has 2 aromatic rings. The van der Waals surface area contributed by atoms with Crippen LogP contribution in [0.1, 0.15) is 31.4 Å². The van der Waals surface area contributed by atoms with Gasteiger partial charge in [0.05, 0.1) is 0 Å². The molecule has 0 aliphatic heterocycles. The Bertz CT molecular complexity index is 812. The van der Waals surface area contributed by atoms with Crippen LogP contribution in [-0.2, 0) is 13.0 Å². The zero-order valence-electron chi connectivity index (χ0n) is 15.9. The van der Waals surface area contributed by atoms with Gasteiger partial charge in [-0.1, -0.05) is 43.1 Å². The van der Waals surface area contributed by atoms with E-state index in [4.69, 9.17) is 9.84 Å². The maximum Gasteiger partial charge on any atom is 0.405 e. The van der Waals surface area contributed by atoms with Gasteiger partial charge in [0.25, 0.3) is 0 Å². The van der Waals surface area contributed by atoms with Gasteiger partial charge in [0.2, 0.25) is 0 Å². The fraction of sp³-hybridized carbons (Fsp3) is 0.300. The van der Waals surface area contributed by atoms with Crippen LogP contribution in [0.15, 0.2) is 48.5 Å². The molecule has 0 aromatic heterocycles. The predicted molar refractivity (Wildman–Crippen MR) is 112 cm³/mol. The van der Waals surface area contributed by atoms with Crippen molar-refractivity contribution in [3.63, 3.8) is 0 Å². The smallest absolute Gasteiger partial charge is 0.405 e. The topological polar surface area (TPSA) is 99.7 Å². The van der Waals surface area contributed by atoms with Crippen molar-refractivity contribution in [2.24, 2.45) is 0 Å². The van der Waals surface area contributed by atoms with Crippen LogP contribution in [0.25, 0.3) is 0 Å². The number of benzene rings is 2. The number of nitrogens with one attached hydrogen (secondary N) is 3.